The second kappa shape index (κ2) is 4.24. The molecule has 0 atom stereocenters. The Morgan fingerprint density at radius 3 is 2.76 bits per heavy atom. The number of rotatable bonds is 5. The standard InChI is InChI=1S/C12H16N2O3/c1-3-17-10-6-4-5-9(11(10)14(15)16)13-12(2)7-8-12/h4-6,13H,3,7-8H2,1-2H3. The maximum atomic E-state index is 11.1. The Labute approximate surface area is 99.9 Å². The van der Waals surface area contributed by atoms with E-state index in [9.17, 15) is 10.1 Å². The van der Waals surface area contributed by atoms with Gasteiger partial charge in [-0.05, 0) is 38.8 Å². The van der Waals surface area contributed by atoms with Crippen molar-refractivity contribution in [3.05, 3.63) is 28.3 Å². The van der Waals surface area contributed by atoms with Crippen LogP contribution in [0.4, 0.5) is 11.4 Å². The van der Waals surface area contributed by atoms with E-state index in [1.54, 1.807) is 18.2 Å². The lowest BCUT2D eigenvalue weighted by molar-refractivity contribution is -0.385. The van der Waals surface area contributed by atoms with Gasteiger partial charge in [-0.25, -0.2) is 0 Å². The summed E-state index contributed by atoms with van der Waals surface area (Å²) < 4.78 is 5.29. The van der Waals surface area contributed by atoms with Crippen LogP contribution in [0.3, 0.4) is 0 Å². The summed E-state index contributed by atoms with van der Waals surface area (Å²) in [5.41, 5.74) is 0.582. The lowest BCUT2D eigenvalue weighted by Crippen LogP contribution is -2.17. The van der Waals surface area contributed by atoms with Crippen molar-refractivity contribution in [2.24, 2.45) is 0 Å². The highest BCUT2D eigenvalue weighted by molar-refractivity contribution is 5.69. The van der Waals surface area contributed by atoms with Crippen LogP contribution < -0.4 is 10.1 Å². The fourth-order valence-electron chi connectivity index (χ4n) is 1.72. The molecule has 0 aromatic heterocycles. The van der Waals surface area contributed by atoms with Crippen LogP contribution in [0.2, 0.25) is 0 Å². The molecule has 0 spiro atoms. The molecular weight excluding hydrogens is 220 g/mol. The third-order valence-corrected chi connectivity index (χ3v) is 2.92. The Morgan fingerprint density at radius 2 is 2.24 bits per heavy atom. The summed E-state index contributed by atoms with van der Waals surface area (Å²) >= 11 is 0. The van der Waals surface area contributed by atoms with E-state index < -0.39 is 0 Å². The number of nitro benzene ring substituents is 1. The molecular formula is C12H16N2O3. The third kappa shape index (κ3) is 2.49. The van der Waals surface area contributed by atoms with Gasteiger partial charge >= 0.3 is 5.69 Å². The summed E-state index contributed by atoms with van der Waals surface area (Å²) in [6.07, 6.45) is 2.09. The molecule has 1 fully saturated rings. The highest BCUT2D eigenvalue weighted by Gasteiger charge is 2.39. The first-order valence-electron chi connectivity index (χ1n) is 5.74. The number of nitro groups is 1. The zero-order chi connectivity index (χ0) is 12.5. The van der Waals surface area contributed by atoms with E-state index in [1.165, 1.54) is 0 Å². The molecule has 0 saturated heterocycles. The molecule has 5 heteroatoms. The van der Waals surface area contributed by atoms with Crippen LogP contribution in [0, 0.1) is 10.1 Å². The van der Waals surface area contributed by atoms with Gasteiger partial charge in [0.05, 0.1) is 11.5 Å². The van der Waals surface area contributed by atoms with E-state index in [4.69, 9.17) is 4.74 Å². The van der Waals surface area contributed by atoms with E-state index in [0.717, 1.165) is 12.8 Å². The summed E-state index contributed by atoms with van der Waals surface area (Å²) in [5.74, 6) is 0.326. The number of hydrogen-bond donors (Lipinski definition) is 1. The van der Waals surface area contributed by atoms with Crippen molar-refractivity contribution < 1.29 is 9.66 Å². The van der Waals surface area contributed by atoms with Crippen molar-refractivity contribution >= 4 is 11.4 Å². The van der Waals surface area contributed by atoms with Crippen molar-refractivity contribution in [1.29, 1.82) is 0 Å². The maximum Gasteiger partial charge on any atom is 0.333 e. The van der Waals surface area contributed by atoms with Gasteiger partial charge in [-0.1, -0.05) is 6.07 Å². The molecule has 0 unspecified atom stereocenters. The fourth-order valence-corrected chi connectivity index (χ4v) is 1.72. The summed E-state index contributed by atoms with van der Waals surface area (Å²) in [6.45, 7) is 4.29. The molecule has 0 amide bonds. The quantitative estimate of drug-likeness (QED) is 0.630. The zero-order valence-corrected chi connectivity index (χ0v) is 10.0. The highest BCUT2D eigenvalue weighted by atomic mass is 16.6. The molecule has 1 aliphatic carbocycles. The van der Waals surface area contributed by atoms with Crippen LogP contribution in [0.25, 0.3) is 0 Å². The van der Waals surface area contributed by atoms with Crippen molar-refractivity contribution in [2.75, 3.05) is 11.9 Å². The molecule has 1 aliphatic rings. The zero-order valence-electron chi connectivity index (χ0n) is 10.0. The van der Waals surface area contributed by atoms with Crippen LogP contribution in [-0.4, -0.2) is 17.1 Å². The molecule has 92 valence electrons. The van der Waals surface area contributed by atoms with Crippen LogP contribution >= 0.6 is 0 Å². The van der Waals surface area contributed by atoms with Crippen LogP contribution in [-0.2, 0) is 0 Å². The largest absolute Gasteiger partial charge is 0.487 e. The minimum Gasteiger partial charge on any atom is -0.487 e. The Kier molecular flexibility index (Phi) is 2.92. The molecule has 1 N–H and O–H groups in total. The molecule has 2 rings (SSSR count). The Morgan fingerprint density at radius 1 is 1.53 bits per heavy atom. The topological polar surface area (TPSA) is 64.4 Å². The number of hydrogen-bond acceptors (Lipinski definition) is 4. The predicted molar refractivity (Wildman–Crippen MR) is 65.5 cm³/mol. The number of benzene rings is 1. The smallest absolute Gasteiger partial charge is 0.333 e. The van der Waals surface area contributed by atoms with Gasteiger partial charge in [0.15, 0.2) is 5.75 Å². The number of nitrogens with one attached hydrogen (secondary N) is 1. The SMILES string of the molecule is CCOc1cccc(NC2(C)CC2)c1[N+](=O)[O-]. The van der Waals surface area contributed by atoms with Gasteiger partial charge in [0, 0.05) is 5.54 Å². The molecule has 1 aromatic carbocycles. The first-order valence-corrected chi connectivity index (χ1v) is 5.74. The fraction of sp³-hybridized carbons (Fsp3) is 0.500. The molecule has 1 saturated carbocycles. The van der Waals surface area contributed by atoms with E-state index in [2.05, 4.69) is 12.2 Å². The summed E-state index contributed by atoms with van der Waals surface area (Å²) in [5, 5.41) is 14.3. The minimum absolute atomic E-state index is 0.00952. The monoisotopic (exact) mass is 236 g/mol. The van der Waals surface area contributed by atoms with Crippen LogP contribution in [0.15, 0.2) is 18.2 Å². The highest BCUT2D eigenvalue weighted by Crippen LogP contribution is 2.43. The van der Waals surface area contributed by atoms with Crippen molar-refractivity contribution in [1.82, 2.24) is 0 Å². The van der Waals surface area contributed by atoms with Gasteiger partial charge < -0.3 is 10.1 Å². The first-order chi connectivity index (χ1) is 8.06. The van der Waals surface area contributed by atoms with Gasteiger partial charge in [0.25, 0.3) is 0 Å². The molecule has 5 nitrogen and oxygen atoms in total. The van der Waals surface area contributed by atoms with Crippen molar-refractivity contribution in [2.45, 2.75) is 32.2 Å². The van der Waals surface area contributed by atoms with E-state index in [-0.39, 0.29) is 16.1 Å². The van der Waals surface area contributed by atoms with Crippen molar-refractivity contribution in [3.8, 4) is 5.75 Å². The third-order valence-electron chi connectivity index (χ3n) is 2.92. The number of anilines is 1. The molecule has 0 aliphatic heterocycles. The normalized spacial score (nSPS) is 16.4. The predicted octanol–water partition coefficient (Wildman–Crippen LogP) is 2.96. The summed E-state index contributed by atoms with van der Waals surface area (Å²) in [7, 11) is 0. The summed E-state index contributed by atoms with van der Waals surface area (Å²) in [4.78, 5) is 10.7. The lowest BCUT2D eigenvalue weighted by atomic mass is 10.2. The first kappa shape index (κ1) is 11.7. The second-order valence-corrected chi connectivity index (χ2v) is 4.53. The Balaban J connectivity index is 2.35. The number of ether oxygens (including phenoxy) is 1. The molecule has 0 heterocycles. The minimum atomic E-state index is -0.390. The van der Waals surface area contributed by atoms with E-state index in [0.29, 0.717) is 18.0 Å². The number of para-hydroxylation sites is 1. The van der Waals surface area contributed by atoms with Crippen molar-refractivity contribution in [3.63, 3.8) is 0 Å². The average Bonchev–Trinajstić information content (AvgIpc) is 2.96. The van der Waals surface area contributed by atoms with Crippen LogP contribution in [0.1, 0.15) is 26.7 Å². The van der Waals surface area contributed by atoms with Gasteiger partial charge in [-0.3, -0.25) is 10.1 Å². The molecule has 1 aromatic rings. The molecule has 0 bridgehead atoms. The van der Waals surface area contributed by atoms with E-state index in [1.807, 2.05) is 6.92 Å². The summed E-state index contributed by atoms with van der Waals surface area (Å²) in [6, 6.07) is 5.12. The van der Waals surface area contributed by atoms with Crippen LogP contribution in [0.5, 0.6) is 5.75 Å². The molecule has 17 heavy (non-hydrogen) atoms. The maximum absolute atomic E-state index is 11.1. The average molecular weight is 236 g/mol. The number of nitrogens with zero attached hydrogens (tertiary/aromatic N) is 1. The second-order valence-electron chi connectivity index (χ2n) is 4.53. The Bertz CT molecular complexity index is 441. The van der Waals surface area contributed by atoms with Gasteiger partial charge in [0.1, 0.15) is 5.69 Å². The lowest BCUT2D eigenvalue weighted by Gasteiger charge is -2.14. The molecule has 0 radical (unpaired) electrons. The van der Waals surface area contributed by atoms with E-state index >= 15 is 0 Å². The van der Waals surface area contributed by atoms with Gasteiger partial charge in [-0.2, -0.15) is 0 Å². The van der Waals surface area contributed by atoms with Gasteiger partial charge in [-0.15, -0.1) is 0 Å². The Hall–Kier alpha value is -1.78. The van der Waals surface area contributed by atoms with Gasteiger partial charge in [0.2, 0.25) is 0 Å².